The van der Waals surface area contributed by atoms with Crippen molar-refractivity contribution in [2.24, 2.45) is 7.05 Å². The predicted octanol–water partition coefficient (Wildman–Crippen LogP) is 2.97. The summed E-state index contributed by atoms with van der Waals surface area (Å²) in [6, 6.07) is 6.56. The molecule has 1 fully saturated rings. The Labute approximate surface area is 104 Å². The Hall–Kier alpha value is -0.800. The second kappa shape index (κ2) is 3.60. The van der Waals surface area contributed by atoms with Crippen LogP contribution < -0.4 is 0 Å². The van der Waals surface area contributed by atoms with Gasteiger partial charge in [0.2, 0.25) is 0 Å². The van der Waals surface area contributed by atoms with Crippen molar-refractivity contribution in [3.63, 3.8) is 0 Å². The summed E-state index contributed by atoms with van der Waals surface area (Å²) in [6.45, 7) is 2.38. The highest BCUT2D eigenvalue weighted by Crippen LogP contribution is 2.33. The predicted molar refractivity (Wildman–Crippen MR) is 70.9 cm³/mol. The number of aromatic nitrogens is 1. The van der Waals surface area contributed by atoms with Crippen LogP contribution in [0.3, 0.4) is 0 Å². The van der Waals surface area contributed by atoms with Gasteiger partial charge in [0.05, 0.1) is 0 Å². The minimum Gasteiger partial charge on any atom is -0.350 e. The molecule has 3 rings (SSSR count). The van der Waals surface area contributed by atoms with E-state index in [4.69, 9.17) is 0 Å². The molecule has 2 aromatic rings. The molecule has 0 amide bonds. The van der Waals surface area contributed by atoms with Crippen molar-refractivity contribution < 1.29 is 0 Å². The lowest BCUT2D eigenvalue weighted by Gasteiger charge is -2.36. The van der Waals surface area contributed by atoms with Crippen LogP contribution in [-0.4, -0.2) is 29.6 Å². The second-order valence-corrected chi connectivity index (χ2v) is 5.69. The smallest absolute Gasteiger partial charge is 0.0491 e. The van der Waals surface area contributed by atoms with Gasteiger partial charge in [-0.2, -0.15) is 0 Å². The number of halogens is 1. The average Bonchev–Trinajstić information content (AvgIpc) is 2.51. The van der Waals surface area contributed by atoms with Gasteiger partial charge < -0.3 is 9.47 Å². The van der Waals surface area contributed by atoms with Crippen molar-refractivity contribution in [2.45, 2.75) is 5.92 Å². The maximum Gasteiger partial charge on any atom is 0.0491 e. The van der Waals surface area contributed by atoms with Crippen molar-refractivity contribution in [3.05, 3.63) is 34.4 Å². The summed E-state index contributed by atoms with van der Waals surface area (Å²) in [7, 11) is 4.30. The topological polar surface area (TPSA) is 8.17 Å². The highest BCUT2D eigenvalue weighted by molar-refractivity contribution is 9.10. The Balaban J connectivity index is 2.12. The number of rotatable bonds is 1. The monoisotopic (exact) mass is 278 g/mol. The maximum absolute atomic E-state index is 3.53. The molecule has 0 bridgehead atoms. The Bertz CT molecular complexity index is 538. The molecule has 0 atom stereocenters. The molecule has 1 aliphatic rings. The Morgan fingerprint density at radius 1 is 1.25 bits per heavy atom. The van der Waals surface area contributed by atoms with Crippen molar-refractivity contribution >= 4 is 26.8 Å². The van der Waals surface area contributed by atoms with Gasteiger partial charge in [-0.1, -0.05) is 22.0 Å². The first-order chi connectivity index (χ1) is 7.65. The normalized spacial score (nSPS) is 17.9. The number of nitrogens with zero attached hydrogens (tertiary/aromatic N) is 2. The van der Waals surface area contributed by atoms with E-state index in [-0.39, 0.29) is 0 Å². The summed E-state index contributed by atoms with van der Waals surface area (Å²) < 4.78 is 3.38. The first-order valence-corrected chi connectivity index (χ1v) is 6.37. The van der Waals surface area contributed by atoms with E-state index in [2.05, 4.69) is 63.9 Å². The van der Waals surface area contributed by atoms with E-state index in [9.17, 15) is 0 Å². The summed E-state index contributed by atoms with van der Waals surface area (Å²) >= 11 is 3.53. The Morgan fingerprint density at radius 2 is 2.00 bits per heavy atom. The molecule has 1 saturated heterocycles. The van der Waals surface area contributed by atoms with Crippen LogP contribution in [0.15, 0.2) is 28.9 Å². The summed E-state index contributed by atoms with van der Waals surface area (Å²) in [4.78, 5) is 2.36. The third kappa shape index (κ3) is 1.50. The number of hydrogen-bond donors (Lipinski definition) is 0. The lowest BCUT2D eigenvalue weighted by molar-refractivity contribution is 0.190. The molecular formula is C13H15BrN2. The molecule has 1 aliphatic heterocycles. The van der Waals surface area contributed by atoms with Crippen LogP contribution in [0, 0.1) is 0 Å². The van der Waals surface area contributed by atoms with Gasteiger partial charge >= 0.3 is 0 Å². The van der Waals surface area contributed by atoms with E-state index in [1.54, 1.807) is 0 Å². The fourth-order valence-corrected chi connectivity index (χ4v) is 2.96. The van der Waals surface area contributed by atoms with E-state index in [0.29, 0.717) is 0 Å². The third-order valence-electron chi connectivity index (χ3n) is 3.49. The zero-order chi connectivity index (χ0) is 11.3. The van der Waals surface area contributed by atoms with Crippen molar-refractivity contribution in [3.8, 4) is 0 Å². The molecule has 84 valence electrons. The van der Waals surface area contributed by atoms with Gasteiger partial charge in [-0.25, -0.2) is 0 Å². The standard InChI is InChI=1S/C13H15BrN2/c1-15-6-9(7-15)12-8-16(2)13-5-10(14)3-4-11(12)13/h3-5,8-9H,6-7H2,1-2H3. The van der Waals surface area contributed by atoms with Gasteiger partial charge in [-0.05, 0) is 24.7 Å². The van der Waals surface area contributed by atoms with Crippen molar-refractivity contribution in [1.29, 1.82) is 0 Å². The molecule has 0 spiro atoms. The molecule has 2 nitrogen and oxygen atoms in total. The van der Waals surface area contributed by atoms with Crippen LogP contribution in [-0.2, 0) is 7.05 Å². The summed E-state index contributed by atoms with van der Waals surface area (Å²) in [6.07, 6.45) is 2.29. The van der Waals surface area contributed by atoms with Crippen LogP contribution in [0.1, 0.15) is 11.5 Å². The first kappa shape index (κ1) is 10.4. The summed E-state index contributed by atoms with van der Waals surface area (Å²) in [5, 5.41) is 1.41. The van der Waals surface area contributed by atoms with E-state index in [1.165, 1.54) is 29.6 Å². The van der Waals surface area contributed by atoms with Crippen LogP contribution >= 0.6 is 15.9 Å². The van der Waals surface area contributed by atoms with Crippen LogP contribution in [0.2, 0.25) is 0 Å². The molecular weight excluding hydrogens is 264 g/mol. The minimum absolute atomic E-state index is 0.717. The van der Waals surface area contributed by atoms with Gasteiger partial charge in [0.1, 0.15) is 0 Å². The first-order valence-electron chi connectivity index (χ1n) is 5.58. The van der Waals surface area contributed by atoms with Crippen molar-refractivity contribution in [1.82, 2.24) is 9.47 Å². The zero-order valence-electron chi connectivity index (χ0n) is 9.57. The highest BCUT2D eigenvalue weighted by Gasteiger charge is 2.27. The molecule has 0 radical (unpaired) electrons. The van der Waals surface area contributed by atoms with E-state index in [1.807, 2.05) is 0 Å². The molecule has 1 aromatic carbocycles. The van der Waals surface area contributed by atoms with Gasteiger partial charge in [-0.15, -0.1) is 0 Å². The van der Waals surface area contributed by atoms with Crippen LogP contribution in [0.5, 0.6) is 0 Å². The molecule has 2 heterocycles. The van der Waals surface area contributed by atoms with Crippen molar-refractivity contribution in [2.75, 3.05) is 20.1 Å². The van der Waals surface area contributed by atoms with E-state index in [0.717, 1.165) is 10.4 Å². The highest BCUT2D eigenvalue weighted by atomic mass is 79.9. The maximum atomic E-state index is 3.53. The van der Waals surface area contributed by atoms with Gasteiger partial charge in [0, 0.05) is 47.6 Å². The summed E-state index contributed by atoms with van der Waals surface area (Å²) in [5.74, 6) is 0.717. The molecule has 1 aromatic heterocycles. The minimum atomic E-state index is 0.717. The fraction of sp³-hybridized carbons (Fsp3) is 0.385. The van der Waals surface area contributed by atoms with Crippen LogP contribution in [0.25, 0.3) is 10.9 Å². The van der Waals surface area contributed by atoms with Gasteiger partial charge in [0.25, 0.3) is 0 Å². The van der Waals surface area contributed by atoms with E-state index < -0.39 is 0 Å². The lowest BCUT2D eigenvalue weighted by Crippen LogP contribution is -2.41. The lowest BCUT2D eigenvalue weighted by atomic mass is 9.92. The number of hydrogen-bond acceptors (Lipinski definition) is 1. The molecule has 0 aliphatic carbocycles. The van der Waals surface area contributed by atoms with Gasteiger partial charge in [-0.3, -0.25) is 0 Å². The number of likely N-dealkylation sites (tertiary alicyclic amines) is 1. The largest absolute Gasteiger partial charge is 0.350 e. The quantitative estimate of drug-likeness (QED) is 0.779. The van der Waals surface area contributed by atoms with E-state index >= 15 is 0 Å². The molecule has 16 heavy (non-hydrogen) atoms. The Morgan fingerprint density at radius 3 is 2.69 bits per heavy atom. The average molecular weight is 279 g/mol. The second-order valence-electron chi connectivity index (χ2n) is 4.77. The molecule has 3 heteroatoms. The van der Waals surface area contributed by atoms with Gasteiger partial charge in [0.15, 0.2) is 0 Å². The molecule has 0 N–H and O–H groups in total. The number of likely N-dealkylation sites (N-methyl/N-ethyl adjacent to an activating group) is 1. The third-order valence-corrected chi connectivity index (χ3v) is 3.98. The number of aryl methyl sites for hydroxylation is 1. The fourth-order valence-electron chi connectivity index (χ4n) is 2.61. The molecule has 0 unspecified atom stereocenters. The number of benzene rings is 1. The SMILES string of the molecule is CN1CC(c2cn(C)c3cc(Br)ccc23)C1. The summed E-state index contributed by atoms with van der Waals surface area (Å²) in [5.41, 5.74) is 2.82. The Kier molecular flexibility index (Phi) is 2.33. The number of fused-ring (bicyclic) bond motifs is 1. The van der Waals surface area contributed by atoms with Crippen LogP contribution in [0.4, 0.5) is 0 Å². The zero-order valence-corrected chi connectivity index (χ0v) is 11.2. The molecule has 0 saturated carbocycles.